The number of aryl methyl sites for hydroxylation is 2. The molecule has 0 amide bonds. The summed E-state index contributed by atoms with van der Waals surface area (Å²) in [6.07, 6.45) is 1.62. The Morgan fingerprint density at radius 2 is 1.36 bits per heavy atom. The molecule has 278 valence electrons. The highest BCUT2D eigenvalue weighted by molar-refractivity contribution is 5.97. The summed E-state index contributed by atoms with van der Waals surface area (Å²) in [6.45, 7) is 17.1. The number of aromatic hydroxyl groups is 1. The van der Waals surface area contributed by atoms with E-state index in [0.717, 1.165) is 61.2 Å². The third-order valence-electron chi connectivity index (χ3n) is 10.5. The molecule has 0 aliphatic heterocycles. The molecule has 0 aliphatic rings. The second kappa shape index (κ2) is 14.1. The average Bonchev–Trinajstić information content (AvgIpc) is 3.62. The van der Waals surface area contributed by atoms with Crippen LogP contribution >= 0.6 is 0 Å². The number of rotatable bonds is 6. The van der Waals surface area contributed by atoms with E-state index in [9.17, 15) is 5.11 Å². The molecule has 4 nitrogen and oxygen atoms in total. The number of hydrogen-bond acceptors (Lipinski definition) is 3. The van der Waals surface area contributed by atoms with Crippen LogP contribution in [0.25, 0.3) is 72.7 Å². The number of fused-ring (bicyclic) bond motifs is 1. The second-order valence-corrected chi connectivity index (χ2v) is 16.7. The van der Waals surface area contributed by atoms with Crippen molar-refractivity contribution in [1.29, 1.82) is 0 Å². The van der Waals surface area contributed by atoms with Crippen LogP contribution in [0.3, 0.4) is 0 Å². The van der Waals surface area contributed by atoms with Gasteiger partial charge in [-0.1, -0.05) is 132 Å². The maximum absolute atomic E-state index is 11.7. The molecule has 0 saturated heterocycles. The van der Waals surface area contributed by atoms with Crippen molar-refractivity contribution in [1.82, 2.24) is 14.5 Å². The fourth-order valence-electron chi connectivity index (χ4n) is 7.57. The lowest BCUT2D eigenvalue weighted by Crippen LogP contribution is -2.14. The monoisotopic (exact) mass is 736 g/mol. The molecule has 0 fully saturated rings. The smallest absolute Gasteiger partial charge is 0.149 e. The lowest BCUT2D eigenvalue weighted by atomic mass is 9.81. The highest BCUT2D eigenvalue weighted by atomic mass is 16.3. The summed E-state index contributed by atoms with van der Waals surface area (Å²) in [4.78, 5) is 10.2. The Bertz CT molecular complexity index is 3000. The van der Waals surface area contributed by atoms with Crippen molar-refractivity contribution in [3.05, 3.63) is 168 Å². The van der Waals surface area contributed by atoms with E-state index < -0.39 is 6.04 Å². The molecule has 0 bridgehead atoms. The van der Waals surface area contributed by atoms with Crippen molar-refractivity contribution in [3.8, 4) is 67.5 Å². The molecular weight excluding hydrogens is 683 g/mol. The minimum atomic E-state index is -0.429. The van der Waals surface area contributed by atoms with Crippen molar-refractivity contribution >= 4 is 11.0 Å². The normalized spacial score (nSPS) is 13.2. The van der Waals surface area contributed by atoms with Crippen LogP contribution in [-0.2, 0) is 10.8 Å². The number of para-hydroxylation sites is 1. The van der Waals surface area contributed by atoms with E-state index in [1.165, 1.54) is 5.56 Å². The number of nitrogens with zero attached hydrogens (tertiary/aromatic N) is 3. The van der Waals surface area contributed by atoms with Gasteiger partial charge in [0.1, 0.15) is 11.6 Å². The van der Waals surface area contributed by atoms with Crippen molar-refractivity contribution in [2.24, 2.45) is 0 Å². The molecule has 2 heterocycles. The fraction of sp³-hybridized carbons (Fsp3) is 0.192. The lowest BCUT2D eigenvalue weighted by molar-refractivity contribution is 0.472. The summed E-state index contributed by atoms with van der Waals surface area (Å²) in [5.41, 5.74) is 12.9. The molecule has 56 heavy (non-hydrogen) atoms. The summed E-state index contributed by atoms with van der Waals surface area (Å²) in [5, 5.41) is 11.7. The minimum Gasteiger partial charge on any atom is -0.507 e. The maximum atomic E-state index is 11.7. The molecule has 6 aromatic carbocycles. The summed E-state index contributed by atoms with van der Waals surface area (Å²) < 4.78 is 44.1. The molecule has 0 unspecified atom stereocenters. The van der Waals surface area contributed by atoms with Crippen LogP contribution < -0.4 is 0 Å². The Kier molecular flexibility index (Phi) is 7.81. The van der Waals surface area contributed by atoms with Crippen LogP contribution in [0.2, 0.25) is 0 Å². The van der Waals surface area contributed by atoms with Gasteiger partial charge >= 0.3 is 0 Å². The van der Waals surface area contributed by atoms with Gasteiger partial charge in [0.2, 0.25) is 0 Å². The summed E-state index contributed by atoms with van der Waals surface area (Å²) >= 11 is 0. The lowest BCUT2D eigenvalue weighted by Gasteiger charge is -2.25. The Morgan fingerprint density at radius 3 is 2.09 bits per heavy atom. The van der Waals surface area contributed by atoms with Crippen LogP contribution in [0.15, 0.2) is 146 Å². The van der Waals surface area contributed by atoms with Gasteiger partial charge in [-0.3, -0.25) is 9.55 Å². The molecule has 0 radical (unpaired) electrons. The van der Waals surface area contributed by atoms with Crippen molar-refractivity contribution in [2.75, 3.05) is 0 Å². The summed E-state index contributed by atoms with van der Waals surface area (Å²) in [6, 6.07) is 35.4. The highest BCUT2D eigenvalue weighted by Crippen LogP contribution is 2.42. The van der Waals surface area contributed by atoms with E-state index >= 15 is 0 Å². The largest absolute Gasteiger partial charge is 0.507 e. The van der Waals surface area contributed by atoms with E-state index in [4.69, 9.17) is 16.8 Å². The molecule has 4 heteroatoms. The van der Waals surface area contributed by atoms with Gasteiger partial charge in [0.05, 0.1) is 29.1 Å². The Hall–Kier alpha value is -6.26. The number of benzene rings is 6. The maximum Gasteiger partial charge on any atom is 0.149 e. The number of phenols is 1. The fourth-order valence-corrected chi connectivity index (χ4v) is 7.57. The molecule has 8 rings (SSSR count). The first-order valence-corrected chi connectivity index (χ1v) is 19.1. The Labute approximate surface area is 338 Å². The number of aromatic nitrogens is 3. The zero-order valence-corrected chi connectivity index (χ0v) is 33.3. The standard InChI is InChI=1S/C52H49N3O/c1-33-26-34(2)49(56)44(27-33)50-54-48-43(20-15-21-47(48)55(50)41-22-23-42(36-18-13-10-14-19-36)45(32-41)52(6,7)8)38-28-39(30-40(29-38)51(3,4)5)46-31-37(24-25-53-46)35-16-11-9-12-17-35/h9-32,56H,1-8H3/i9D,11D,12D,16D,17D. The predicted molar refractivity (Wildman–Crippen MR) is 235 cm³/mol. The van der Waals surface area contributed by atoms with Crippen LogP contribution in [0.1, 0.15) is 70.7 Å². The van der Waals surface area contributed by atoms with Gasteiger partial charge in [0, 0.05) is 23.0 Å². The van der Waals surface area contributed by atoms with E-state index in [1.807, 2.05) is 38.1 Å². The predicted octanol–water partition coefficient (Wildman–Crippen LogP) is 13.7. The van der Waals surface area contributed by atoms with Crippen molar-refractivity contribution in [3.63, 3.8) is 0 Å². The molecule has 0 atom stereocenters. The van der Waals surface area contributed by atoms with Crippen LogP contribution in [0.4, 0.5) is 0 Å². The first-order chi connectivity index (χ1) is 28.8. The molecule has 0 spiro atoms. The molecule has 0 saturated carbocycles. The molecular formula is C52H49N3O. The van der Waals surface area contributed by atoms with Gasteiger partial charge in [-0.15, -0.1) is 0 Å². The molecule has 8 aromatic rings. The SMILES string of the molecule is [2H]c1c([2H])c([2H])c(-c2ccnc(-c3cc(-c4cccc5c4nc(-c4cc(C)cc(C)c4O)n5-c4ccc(-c5ccccc5)c(C(C)(C)C)c4)cc(C(C)(C)C)c3)c2)c([2H])c1[2H]. The third kappa shape index (κ3) is 6.92. The van der Waals surface area contributed by atoms with E-state index in [-0.39, 0.29) is 46.3 Å². The van der Waals surface area contributed by atoms with Crippen molar-refractivity contribution < 1.29 is 12.0 Å². The highest BCUT2D eigenvalue weighted by Gasteiger charge is 2.25. The van der Waals surface area contributed by atoms with Gasteiger partial charge in [0.15, 0.2) is 0 Å². The first kappa shape index (κ1) is 31.0. The third-order valence-corrected chi connectivity index (χ3v) is 10.5. The zero-order valence-electron chi connectivity index (χ0n) is 38.3. The quantitative estimate of drug-likeness (QED) is 0.185. The minimum absolute atomic E-state index is 0.130. The van der Waals surface area contributed by atoms with Crippen LogP contribution in [0, 0.1) is 13.8 Å². The Balaban J connectivity index is 1.38. The van der Waals surface area contributed by atoms with E-state index in [1.54, 1.807) is 18.3 Å². The second-order valence-electron chi connectivity index (χ2n) is 16.7. The number of phenolic OH excluding ortho intramolecular Hbond substituents is 1. The number of imidazole rings is 1. The van der Waals surface area contributed by atoms with Crippen molar-refractivity contribution in [2.45, 2.75) is 66.2 Å². The number of pyridine rings is 1. The first-order valence-electron chi connectivity index (χ1n) is 21.6. The average molecular weight is 737 g/mol. The van der Waals surface area contributed by atoms with Crippen LogP contribution in [0.5, 0.6) is 5.75 Å². The van der Waals surface area contributed by atoms with Crippen LogP contribution in [-0.4, -0.2) is 19.6 Å². The molecule has 0 aliphatic carbocycles. The van der Waals surface area contributed by atoms with Gasteiger partial charge < -0.3 is 5.11 Å². The van der Waals surface area contributed by atoms with Gasteiger partial charge in [-0.2, -0.15) is 0 Å². The van der Waals surface area contributed by atoms with Gasteiger partial charge in [0.25, 0.3) is 0 Å². The number of hydrogen-bond donors (Lipinski definition) is 1. The zero-order chi connectivity index (χ0) is 43.7. The molecule has 1 N–H and O–H groups in total. The molecule has 2 aromatic heterocycles. The van der Waals surface area contributed by atoms with E-state index in [0.29, 0.717) is 22.6 Å². The summed E-state index contributed by atoms with van der Waals surface area (Å²) in [7, 11) is 0. The van der Waals surface area contributed by atoms with Gasteiger partial charge in [-0.05, 0) is 123 Å². The van der Waals surface area contributed by atoms with Gasteiger partial charge in [-0.25, -0.2) is 4.98 Å². The summed E-state index contributed by atoms with van der Waals surface area (Å²) in [5.74, 6) is 0.807. The van der Waals surface area contributed by atoms with E-state index in [2.05, 4.69) is 119 Å². The topological polar surface area (TPSA) is 50.9 Å². The Morgan fingerprint density at radius 1 is 0.607 bits per heavy atom.